The van der Waals surface area contributed by atoms with Crippen molar-refractivity contribution in [2.75, 3.05) is 34.8 Å². The minimum Gasteiger partial charge on any atom is -0.356 e. The molecule has 230 valence electrons. The Labute approximate surface area is 270 Å². The van der Waals surface area contributed by atoms with E-state index in [1.165, 1.54) is 11.3 Å². The number of carbonyl (C=O) groups excluding carboxylic acids is 3. The van der Waals surface area contributed by atoms with E-state index >= 15 is 0 Å². The number of nitrogens with zero attached hydrogens (tertiary/aromatic N) is 4. The molecule has 9 nitrogen and oxygen atoms in total. The molecule has 5 heterocycles. The Morgan fingerprint density at radius 1 is 0.804 bits per heavy atom. The van der Waals surface area contributed by atoms with Crippen molar-refractivity contribution in [2.45, 2.75) is 25.8 Å². The third-order valence-corrected chi connectivity index (χ3v) is 9.51. The van der Waals surface area contributed by atoms with Crippen molar-refractivity contribution in [3.8, 4) is 10.4 Å². The standard InChI is InChI=1S/C36H32N6O3S/c43-34(29-10-7-18-38-33(29)41-19-5-6-20-41)40-26-14-12-24(13-15-26)36(45)42-21-16-25-22-31(35(44)39-23-27-8-3-4-17-37-27)46-32(25)28-9-1-2-11-30(28)42/h1-4,7-15,17-18,22H,5-6,16,19-21,23H2,(H,39,44)(H,40,43). The molecule has 2 aliphatic heterocycles. The molecule has 5 aromatic rings. The number of anilines is 3. The number of nitrogens with one attached hydrogen (secondary N) is 2. The maximum atomic E-state index is 13.9. The van der Waals surface area contributed by atoms with Crippen LogP contribution in [0.2, 0.25) is 0 Å². The van der Waals surface area contributed by atoms with Crippen LogP contribution in [0, 0.1) is 0 Å². The molecule has 0 bridgehead atoms. The van der Waals surface area contributed by atoms with Crippen LogP contribution in [0.25, 0.3) is 10.4 Å². The van der Waals surface area contributed by atoms with E-state index in [0.29, 0.717) is 47.0 Å². The average molecular weight is 629 g/mol. The second-order valence-corrected chi connectivity index (χ2v) is 12.3. The number of rotatable bonds is 7. The molecule has 3 aromatic heterocycles. The Morgan fingerprint density at radius 2 is 1.59 bits per heavy atom. The number of para-hydroxylation sites is 1. The van der Waals surface area contributed by atoms with Crippen molar-refractivity contribution in [3.63, 3.8) is 0 Å². The van der Waals surface area contributed by atoms with Gasteiger partial charge < -0.3 is 20.4 Å². The highest BCUT2D eigenvalue weighted by molar-refractivity contribution is 7.17. The Hall–Kier alpha value is -5.35. The van der Waals surface area contributed by atoms with Gasteiger partial charge in [-0.05, 0) is 85.5 Å². The predicted molar refractivity (Wildman–Crippen MR) is 181 cm³/mol. The quantitative estimate of drug-likeness (QED) is 0.223. The number of thiophene rings is 1. The third-order valence-electron chi connectivity index (χ3n) is 8.30. The zero-order valence-electron chi connectivity index (χ0n) is 25.1. The maximum Gasteiger partial charge on any atom is 0.261 e. The normalized spacial score (nSPS) is 13.8. The van der Waals surface area contributed by atoms with E-state index in [0.717, 1.165) is 53.3 Å². The molecular formula is C36H32N6O3S. The van der Waals surface area contributed by atoms with Crippen LogP contribution >= 0.6 is 11.3 Å². The number of fused-ring (bicyclic) bond motifs is 3. The lowest BCUT2D eigenvalue weighted by atomic mass is 10.1. The van der Waals surface area contributed by atoms with Crippen LogP contribution < -0.4 is 20.4 Å². The summed E-state index contributed by atoms with van der Waals surface area (Å²) in [6.45, 7) is 2.61. The summed E-state index contributed by atoms with van der Waals surface area (Å²) in [6.07, 6.45) is 6.21. The highest BCUT2D eigenvalue weighted by atomic mass is 32.1. The van der Waals surface area contributed by atoms with Gasteiger partial charge >= 0.3 is 0 Å². The van der Waals surface area contributed by atoms with Gasteiger partial charge in [-0.2, -0.15) is 0 Å². The molecule has 0 aliphatic carbocycles. The van der Waals surface area contributed by atoms with Crippen LogP contribution in [0.15, 0.2) is 97.3 Å². The first-order valence-corrected chi connectivity index (χ1v) is 16.2. The fourth-order valence-electron chi connectivity index (χ4n) is 5.99. The zero-order valence-corrected chi connectivity index (χ0v) is 25.9. The van der Waals surface area contributed by atoms with E-state index in [2.05, 4.69) is 25.5 Å². The van der Waals surface area contributed by atoms with Crippen molar-refractivity contribution in [1.29, 1.82) is 0 Å². The van der Waals surface area contributed by atoms with Gasteiger partial charge in [0.05, 0.1) is 28.4 Å². The van der Waals surface area contributed by atoms with Crippen molar-refractivity contribution in [1.82, 2.24) is 15.3 Å². The summed E-state index contributed by atoms with van der Waals surface area (Å²) < 4.78 is 0. The number of pyridine rings is 2. The molecule has 0 spiro atoms. The number of amides is 3. The van der Waals surface area contributed by atoms with Gasteiger partial charge in [-0.25, -0.2) is 4.98 Å². The first kappa shape index (κ1) is 29.4. The Balaban J connectivity index is 1.06. The lowest BCUT2D eigenvalue weighted by Crippen LogP contribution is -2.32. The molecule has 2 aromatic carbocycles. The smallest absolute Gasteiger partial charge is 0.261 e. The fourth-order valence-corrected chi connectivity index (χ4v) is 7.15. The summed E-state index contributed by atoms with van der Waals surface area (Å²) in [5, 5.41) is 5.94. The SMILES string of the molecule is O=C(NCc1ccccn1)c1cc2c(s1)-c1ccccc1N(C(=O)c1ccc(NC(=O)c3cccnc3N3CCCC3)cc1)CC2. The minimum atomic E-state index is -0.230. The summed E-state index contributed by atoms with van der Waals surface area (Å²) in [6, 6.07) is 25.9. The molecule has 1 fully saturated rings. The Morgan fingerprint density at radius 3 is 2.39 bits per heavy atom. The third kappa shape index (κ3) is 5.99. The van der Waals surface area contributed by atoms with E-state index in [4.69, 9.17) is 0 Å². The Kier molecular flexibility index (Phi) is 8.26. The van der Waals surface area contributed by atoms with E-state index in [1.54, 1.807) is 53.7 Å². The average Bonchev–Trinajstić information content (AvgIpc) is 3.77. The van der Waals surface area contributed by atoms with Gasteiger partial charge in [0.25, 0.3) is 17.7 Å². The lowest BCUT2D eigenvalue weighted by Gasteiger charge is -2.23. The van der Waals surface area contributed by atoms with Crippen LogP contribution in [0.3, 0.4) is 0 Å². The second kappa shape index (κ2) is 12.9. The molecule has 0 unspecified atom stereocenters. The first-order chi connectivity index (χ1) is 22.5. The van der Waals surface area contributed by atoms with Crippen LogP contribution in [-0.2, 0) is 13.0 Å². The van der Waals surface area contributed by atoms with Gasteiger partial charge in [-0.3, -0.25) is 19.4 Å². The number of hydrogen-bond acceptors (Lipinski definition) is 7. The largest absolute Gasteiger partial charge is 0.356 e. The fraction of sp³-hybridized carbons (Fsp3) is 0.194. The second-order valence-electron chi connectivity index (χ2n) is 11.3. The summed E-state index contributed by atoms with van der Waals surface area (Å²) in [5.74, 6) is 0.204. The van der Waals surface area contributed by atoms with Crippen LogP contribution in [-0.4, -0.2) is 47.3 Å². The highest BCUT2D eigenvalue weighted by Gasteiger charge is 2.28. The van der Waals surface area contributed by atoms with Crippen molar-refractivity contribution >= 4 is 46.3 Å². The molecule has 0 atom stereocenters. The van der Waals surface area contributed by atoms with Gasteiger partial charge in [-0.1, -0.05) is 24.3 Å². The monoisotopic (exact) mass is 628 g/mol. The van der Waals surface area contributed by atoms with Crippen LogP contribution in [0.5, 0.6) is 0 Å². The van der Waals surface area contributed by atoms with E-state index < -0.39 is 0 Å². The number of carbonyl (C=O) groups is 3. The molecular weight excluding hydrogens is 597 g/mol. The molecule has 1 saturated heterocycles. The van der Waals surface area contributed by atoms with E-state index in [1.807, 2.05) is 48.5 Å². The minimum absolute atomic E-state index is 0.127. The van der Waals surface area contributed by atoms with Gasteiger partial charge in [0.2, 0.25) is 0 Å². The molecule has 10 heteroatoms. The first-order valence-electron chi connectivity index (χ1n) is 15.4. The number of aromatic nitrogens is 2. The maximum absolute atomic E-state index is 13.9. The lowest BCUT2D eigenvalue weighted by molar-refractivity contribution is 0.0951. The molecule has 46 heavy (non-hydrogen) atoms. The van der Waals surface area contributed by atoms with Gasteiger partial charge in [0.15, 0.2) is 0 Å². The van der Waals surface area contributed by atoms with Crippen LogP contribution in [0.1, 0.15) is 54.5 Å². The van der Waals surface area contributed by atoms with Crippen LogP contribution in [0.4, 0.5) is 17.2 Å². The topological polar surface area (TPSA) is 108 Å². The van der Waals surface area contributed by atoms with Gasteiger partial charge in [0, 0.05) is 53.7 Å². The molecule has 2 N–H and O–H groups in total. The van der Waals surface area contributed by atoms with Crippen molar-refractivity contribution in [3.05, 3.63) is 125 Å². The van der Waals surface area contributed by atoms with E-state index in [-0.39, 0.29) is 17.7 Å². The summed E-state index contributed by atoms with van der Waals surface area (Å²) in [4.78, 5) is 54.4. The molecule has 2 aliphatic rings. The van der Waals surface area contributed by atoms with Gasteiger partial charge in [0.1, 0.15) is 5.82 Å². The predicted octanol–water partition coefficient (Wildman–Crippen LogP) is 6.19. The van der Waals surface area contributed by atoms with E-state index in [9.17, 15) is 14.4 Å². The summed E-state index contributed by atoms with van der Waals surface area (Å²) >= 11 is 1.44. The van der Waals surface area contributed by atoms with Gasteiger partial charge in [-0.15, -0.1) is 11.3 Å². The highest BCUT2D eigenvalue weighted by Crippen LogP contribution is 2.42. The summed E-state index contributed by atoms with van der Waals surface area (Å²) in [5.41, 5.74) is 5.22. The number of hydrogen-bond donors (Lipinski definition) is 2. The Bertz CT molecular complexity index is 1900. The molecule has 3 amide bonds. The molecule has 0 radical (unpaired) electrons. The molecule has 0 saturated carbocycles. The van der Waals surface area contributed by atoms with Crippen molar-refractivity contribution in [2.24, 2.45) is 0 Å². The molecule has 7 rings (SSSR count). The number of benzene rings is 2. The zero-order chi connectivity index (χ0) is 31.5. The summed E-state index contributed by atoms with van der Waals surface area (Å²) in [7, 11) is 0. The van der Waals surface area contributed by atoms with Crippen molar-refractivity contribution < 1.29 is 14.4 Å².